The van der Waals surface area contributed by atoms with Crippen molar-refractivity contribution in [2.24, 2.45) is 5.41 Å². The molecule has 19 heavy (non-hydrogen) atoms. The molecule has 1 aliphatic carbocycles. The largest absolute Gasteiger partial charge is 0.493 e. The molecule has 0 amide bonds. The zero-order valence-electron chi connectivity index (χ0n) is 11.8. The van der Waals surface area contributed by atoms with Gasteiger partial charge in [-0.1, -0.05) is 47.8 Å². The fraction of sp³-hybridized carbons (Fsp3) is 0.647. The van der Waals surface area contributed by atoms with Crippen molar-refractivity contribution >= 4 is 15.9 Å². The van der Waals surface area contributed by atoms with E-state index in [1.807, 2.05) is 0 Å². The predicted molar refractivity (Wildman–Crippen MR) is 83.1 cm³/mol. The maximum absolute atomic E-state index is 5.72. The van der Waals surface area contributed by atoms with Crippen LogP contribution >= 0.6 is 15.9 Å². The van der Waals surface area contributed by atoms with Crippen molar-refractivity contribution in [1.82, 2.24) is 0 Å². The minimum Gasteiger partial charge on any atom is -0.493 e. The van der Waals surface area contributed by atoms with E-state index in [1.54, 1.807) is 0 Å². The number of aryl methyl sites for hydroxylation is 1. The molecule has 1 aromatic carbocycles. The van der Waals surface area contributed by atoms with Crippen LogP contribution in [0.1, 0.15) is 61.4 Å². The van der Waals surface area contributed by atoms with Crippen molar-refractivity contribution in [1.29, 1.82) is 0 Å². The summed E-state index contributed by atoms with van der Waals surface area (Å²) in [5.74, 6) is 1.10. The molecule has 1 fully saturated rings. The summed E-state index contributed by atoms with van der Waals surface area (Å²) < 4.78 is 5.72. The lowest BCUT2D eigenvalue weighted by Gasteiger charge is -2.34. The summed E-state index contributed by atoms with van der Waals surface area (Å²) in [4.78, 5) is 0.500. The fourth-order valence-electron chi connectivity index (χ4n) is 3.76. The van der Waals surface area contributed by atoms with E-state index < -0.39 is 0 Å². The van der Waals surface area contributed by atoms with Gasteiger partial charge in [0.05, 0.1) is 6.61 Å². The van der Waals surface area contributed by atoms with Gasteiger partial charge in [0.2, 0.25) is 0 Å². The maximum atomic E-state index is 5.72. The molecular weight excluding hydrogens is 300 g/mol. The SMILES string of the molecule is CCC1(C(Br)c2ccc3c(c2)CCCO3)CCCC1. The minimum atomic E-state index is 0.476. The molecule has 0 bridgehead atoms. The molecule has 0 aromatic heterocycles. The highest BCUT2D eigenvalue weighted by molar-refractivity contribution is 9.09. The summed E-state index contributed by atoms with van der Waals surface area (Å²) in [7, 11) is 0. The molecule has 3 rings (SSSR count). The van der Waals surface area contributed by atoms with Crippen LogP contribution in [-0.2, 0) is 6.42 Å². The summed E-state index contributed by atoms with van der Waals surface area (Å²) in [6.45, 7) is 3.23. The highest BCUT2D eigenvalue weighted by atomic mass is 79.9. The van der Waals surface area contributed by atoms with E-state index >= 15 is 0 Å². The van der Waals surface area contributed by atoms with Crippen LogP contribution in [-0.4, -0.2) is 6.61 Å². The second-order valence-electron chi connectivity index (χ2n) is 6.10. The fourth-order valence-corrected chi connectivity index (χ4v) is 4.82. The summed E-state index contributed by atoms with van der Waals surface area (Å²) in [5.41, 5.74) is 3.33. The first kappa shape index (κ1) is 13.5. The normalized spacial score (nSPS) is 22.6. The Labute approximate surface area is 124 Å². The van der Waals surface area contributed by atoms with Gasteiger partial charge in [-0.25, -0.2) is 0 Å². The zero-order chi connectivity index (χ0) is 13.3. The van der Waals surface area contributed by atoms with Crippen LogP contribution in [0.15, 0.2) is 18.2 Å². The number of alkyl halides is 1. The number of hydrogen-bond donors (Lipinski definition) is 0. The number of hydrogen-bond acceptors (Lipinski definition) is 1. The number of fused-ring (bicyclic) bond motifs is 1. The average molecular weight is 323 g/mol. The van der Waals surface area contributed by atoms with Crippen LogP contribution in [0, 0.1) is 5.41 Å². The van der Waals surface area contributed by atoms with Gasteiger partial charge in [0.15, 0.2) is 0 Å². The molecule has 1 aromatic rings. The lowest BCUT2D eigenvalue weighted by atomic mass is 9.77. The van der Waals surface area contributed by atoms with Gasteiger partial charge in [-0.05, 0) is 54.7 Å². The van der Waals surface area contributed by atoms with Crippen LogP contribution in [0.4, 0.5) is 0 Å². The summed E-state index contributed by atoms with van der Waals surface area (Å²) >= 11 is 4.02. The average Bonchev–Trinajstić information content (AvgIpc) is 2.96. The zero-order valence-corrected chi connectivity index (χ0v) is 13.3. The van der Waals surface area contributed by atoms with E-state index in [1.165, 1.54) is 49.7 Å². The highest BCUT2D eigenvalue weighted by Gasteiger charge is 2.39. The molecule has 1 unspecified atom stereocenters. The van der Waals surface area contributed by atoms with E-state index in [-0.39, 0.29) is 0 Å². The third kappa shape index (κ3) is 2.44. The Hall–Kier alpha value is -0.500. The number of benzene rings is 1. The van der Waals surface area contributed by atoms with Crippen LogP contribution in [0.5, 0.6) is 5.75 Å². The van der Waals surface area contributed by atoms with Crippen molar-refractivity contribution in [3.63, 3.8) is 0 Å². The number of rotatable bonds is 3. The predicted octanol–water partition coefficient (Wildman–Crippen LogP) is 5.42. The molecule has 1 atom stereocenters. The molecule has 0 saturated heterocycles. The Kier molecular flexibility index (Phi) is 3.88. The Morgan fingerprint density at radius 1 is 1.26 bits per heavy atom. The van der Waals surface area contributed by atoms with Crippen LogP contribution in [0.3, 0.4) is 0 Å². The molecule has 104 valence electrons. The lowest BCUT2D eigenvalue weighted by Crippen LogP contribution is -2.21. The molecule has 0 spiro atoms. The lowest BCUT2D eigenvalue weighted by molar-refractivity contribution is 0.276. The summed E-state index contributed by atoms with van der Waals surface area (Å²) in [6.07, 6.45) is 9.12. The number of halogens is 1. The first-order valence-electron chi connectivity index (χ1n) is 7.65. The van der Waals surface area contributed by atoms with Crippen molar-refractivity contribution in [3.05, 3.63) is 29.3 Å². The Morgan fingerprint density at radius 3 is 2.79 bits per heavy atom. The van der Waals surface area contributed by atoms with Gasteiger partial charge in [-0.15, -0.1) is 0 Å². The van der Waals surface area contributed by atoms with Gasteiger partial charge in [0, 0.05) is 4.83 Å². The topological polar surface area (TPSA) is 9.23 Å². The molecule has 1 heterocycles. The molecular formula is C17H23BrO. The van der Waals surface area contributed by atoms with Gasteiger partial charge in [0.25, 0.3) is 0 Å². The van der Waals surface area contributed by atoms with Gasteiger partial charge < -0.3 is 4.74 Å². The van der Waals surface area contributed by atoms with Gasteiger partial charge >= 0.3 is 0 Å². The van der Waals surface area contributed by atoms with E-state index in [0.29, 0.717) is 10.2 Å². The number of ether oxygens (including phenoxy) is 1. The Morgan fingerprint density at radius 2 is 2.05 bits per heavy atom. The highest BCUT2D eigenvalue weighted by Crippen LogP contribution is 2.54. The van der Waals surface area contributed by atoms with Crippen LogP contribution in [0.2, 0.25) is 0 Å². The molecule has 0 N–H and O–H groups in total. The molecule has 2 aliphatic rings. The first-order chi connectivity index (χ1) is 9.25. The van der Waals surface area contributed by atoms with E-state index in [0.717, 1.165) is 18.8 Å². The second kappa shape index (κ2) is 5.47. The van der Waals surface area contributed by atoms with Crippen molar-refractivity contribution in [2.45, 2.75) is 56.7 Å². The molecule has 0 radical (unpaired) electrons. The Bertz CT molecular complexity index is 449. The summed E-state index contributed by atoms with van der Waals surface area (Å²) in [5, 5.41) is 0. The maximum Gasteiger partial charge on any atom is 0.122 e. The molecule has 2 heteroatoms. The van der Waals surface area contributed by atoms with Crippen LogP contribution in [0.25, 0.3) is 0 Å². The molecule has 1 nitrogen and oxygen atoms in total. The Balaban J connectivity index is 1.88. The van der Waals surface area contributed by atoms with E-state index in [2.05, 4.69) is 41.1 Å². The van der Waals surface area contributed by atoms with Gasteiger partial charge in [-0.2, -0.15) is 0 Å². The van der Waals surface area contributed by atoms with Crippen molar-refractivity contribution in [2.75, 3.05) is 6.61 Å². The molecule has 1 aliphatic heterocycles. The monoisotopic (exact) mass is 322 g/mol. The first-order valence-corrected chi connectivity index (χ1v) is 8.56. The smallest absolute Gasteiger partial charge is 0.122 e. The van der Waals surface area contributed by atoms with Gasteiger partial charge in [-0.3, -0.25) is 0 Å². The standard InChI is InChI=1S/C17H23BrO/c1-2-17(9-3-4-10-17)16(18)14-7-8-15-13(12-14)6-5-11-19-15/h7-8,12,16H,2-6,9-11H2,1H3. The summed E-state index contributed by atoms with van der Waals surface area (Å²) in [6, 6.07) is 6.82. The van der Waals surface area contributed by atoms with E-state index in [9.17, 15) is 0 Å². The van der Waals surface area contributed by atoms with Crippen LogP contribution < -0.4 is 4.74 Å². The van der Waals surface area contributed by atoms with Crippen molar-refractivity contribution in [3.8, 4) is 5.75 Å². The minimum absolute atomic E-state index is 0.476. The third-order valence-corrected chi connectivity index (χ3v) is 6.57. The molecule has 1 saturated carbocycles. The van der Waals surface area contributed by atoms with Gasteiger partial charge in [0.1, 0.15) is 5.75 Å². The van der Waals surface area contributed by atoms with E-state index in [4.69, 9.17) is 4.74 Å². The quantitative estimate of drug-likeness (QED) is 0.675. The third-order valence-electron chi connectivity index (χ3n) is 5.07. The van der Waals surface area contributed by atoms with Crippen molar-refractivity contribution < 1.29 is 4.74 Å². The second-order valence-corrected chi connectivity index (χ2v) is 7.02.